The van der Waals surface area contributed by atoms with Crippen LogP contribution in [0.25, 0.3) is 10.1 Å². The summed E-state index contributed by atoms with van der Waals surface area (Å²) in [4.78, 5) is 11.4. The predicted octanol–water partition coefficient (Wildman–Crippen LogP) is 3.78. The summed E-state index contributed by atoms with van der Waals surface area (Å²) in [5, 5.41) is 1.18. The second-order valence-corrected chi connectivity index (χ2v) is 4.93. The Morgan fingerprint density at radius 3 is 2.85 bits per heavy atom. The fourth-order valence-corrected chi connectivity index (χ4v) is 3.07. The highest BCUT2D eigenvalue weighted by Crippen LogP contribution is 2.30. The molecule has 1 nitrogen and oxygen atoms in total. The Hall–Kier alpha value is -0.670. The van der Waals surface area contributed by atoms with E-state index in [1.54, 1.807) is 0 Å². The lowest BCUT2D eigenvalue weighted by Crippen LogP contribution is -1.72. The third-order valence-corrected chi connectivity index (χ3v) is 3.41. The van der Waals surface area contributed by atoms with Gasteiger partial charge in [-0.1, -0.05) is 15.9 Å². The minimum absolute atomic E-state index is 0.788. The van der Waals surface area contributed by atoms with Gasteiger partial charge in [-0.15, -0.1) is 11.3 Å². The SMILES string of the molecule is Cc1cc(Br)cc2sc(C=O)cc12. The fraction of sp³-hybridized carbons (Fsp3) is 0.100. The zero-order valence-corrected chi connectivity index (χ0v) is 9.41. The van der Waals surface area contributed by atoms with Crippen LogP contribution in [0.15, 0.2) is 22.7 Å². The maximum atomic E-state index is 10.6. The summed E-state index contributed by atoms with van der Waals surface area (Å²) in [6, 6.07) is 6.04. The third kappa shape index (κ3) is 1.54. The van der Waals surface area contributed by atoms with Gasteiger partial charge in [0.25, 0.3) is 0 Å². The van der Waals surface area contributed by atoms with Gasteiger partial charge in [0.15, 0.2) is 6.29 Å². The zero-order chi connectivity index (χ0) is 9.42. The lowest BCUT2D eigenvalue weighted by atomic mass is 10.1. The Morgan fingerprint density at radius 2 is 2.15 bits per heavy atom. The number of fused-ring (bicyclic) bond motifs is 1. The third-order valence-electron chi connectivity index (χ3n) is 1.94. The van der Waals surface area contributed by atoms with E-state index in [4.69, 9.17) is 0 Å². The van der Waals surface area contributed by atoms with Crippen LogP contribution in [0.2, 0.25) is 0 Å². The van der Waals surface area contributed by atoms with Gasteiger partial charge in [-0.2, -0.15) is 0 Å². The molecule has 0 amide bonds. The van der Waals surface area contributed by atoms with E-state index < -0.39 is 0 Å². The highest BCUT2D eigenvalue weighted by molar-refractivity contribution is 9.10. The van der Waals surface area contributed by atoms with E-state index in [1.165, 1.54) is 22.3 Å². The van der Waals surface area contributed by atoms with Gasteiger partial charge in [0.05, 0.1) is 4.88 Å². The molecule has 0 N–H and O–H groups in total. The Morgan fingerprint density at radius 1 is 1.38 bits per heavy atom. The van der Waals surface area contributed by atoms with Gasteiger partial charge in [0.1, 0.15) is 0 Å². The van der Waals surface area contributed by atoms with E-state index in [9.17, 15) is 4.79 Å². The molecule has 0 atom stereocenters. The molecule has 0 aliphatic heterocycles. The number of hydrogen-bond donors (Lipinski definition) is 0. The fourth-order valence-electron chi connectivity index (χ4n) is 1.35. The number of aldehydes is 1. The first-order chi connectivity index (χ1) is 6.20. The van der Waals surface area contributed by atoms with E-state index in [1.807, 2.05) is 19.1 Å². The van der Waals surface area contributed by atoms with Crippen LogP contribution >= 0.6 is 27.3 Å². The number of benzene rings is 1. The highest BCUT2D eigenvalue weighted by Gasteiger charge is 2.04. The molecule has 0 saturated heterocycles. The van der Waals surface area contributed by atoms with Gasteiger partial charge < -0.3 is 0 Å². The van der Waals surface area contributed by atoms with Crippen molar-refractivity contribution in [3.63, 3.8) is 0 Å². The molecule has 0 fully saturated rings. The largest absolute Gasteiger partial charge is 0.297 e. The number of aryl methyl sites for hydroxylation is 1. The van der Waals surface area contributed by atoms with Crippen molar-refractivity contribution in [3.8, 4) is 0 Å². The molecule has 0 bridgehead atoms. The zero-order valence-electron chi connectivity index (χ0n) is 7.00. The molecule has 1 aromatic heterocycles. The molecule has 2 rings (SSSR count). The molecule has 1 heterocycles. The molecule has 2 aromatic rings. The average Bonchev–Trinajstić information content (AvgIpc) is 2.47. The van der Waals surface area contributed by atoms with Crippen LogP contribution < -0.4 is 0 Å². The Bertz CT molecular complexity index is 473. The standard InChI is InChI=1S/C10H7BrOS/c1-6-2-7(11)3-10-9(6)4-8(5-12)13-10/h2-5H,1H3. The smallest absolute Gasteiger partial charge is 0.160 e. The summed E-state index contributed by atoms with van der Waals surface area (Å²) in [6.45, 7) is 2.05. The highest BCUT2D eigenvalue weighted by atomic mass is 79.9. The normalized spacial score (nSPS) is 10.6. The molecule has 3 heteroatoms. The van der Waals surface area contributed by atoms with Crippen LogP contribution in [-0.2, 0) is 0 Å². The molecule has 0 spiro atoms. The molecule has 13 heavy (non-hydrogen) atoms. The van der Waals surface area contributed by atoms with Crippen molar-refractivity contribution in [2.75, 3.05) is 0 Å². The molecule has 0 aliphatic rings. The van der Waals surface area contributed by atoms with Gasteiger partial charge in [-0.05, 0) is 36.1 Å². The van der Waals surface area contributed by atoms with Crippen LogP contribution in [0.1, 0.15) is 15.2 Å². The number of carbonyl (C=O) groups is 1. The van der Waals surface area contributed by atoms with Crippen LogP contribution in [0.4, 0.5) is 0 Å². The maximum absolute atomic E-state index is 10.6. The minimum atomic E-state index is 0.788. The van der Waals surface area contributed by atoms with E-state index in [2.05, 4.69) is 22.0 Å². The monoisotopic (exact) mass is 254 g/mol. The summed E-state index contributed by atoms with van der Waals surface area (Å²) in [6.07, 6.45) is 0.901. The number of halogens is 1. The predicted molar refractivity (Wildman–Crippen MR) is 59.6 cm³/mol. The van der Waals surface area contributed by atoms with E-state index in [0.717, 1.165) is 20.3 Å². The summed E-state index contributed by atoms with van der Waals surface area (Å²) >= 11 is 4.96. The van der Waals surface area contributed by atoms with E-state index in [-0.39, 0.29) is 0 Å². The lowest BCUT2D eigenvalue weighted by Gasteiger charge is -1.95. The molecule has 0 saturated carbocycles. The number of rotatable bonds is 1. The molecular weight excluding hydrogens is 248 g/mol. The maximum Gasteiger partial charge on any atom is 0.160 e. The van der Waals surface area contributed by atoms with Crippen LogP contribution in [0.3, 0.4) is 0 Å². The summed E-state index contributed by atoms with van der Waals surface area (Å²) in [5.41, 5.74) is 1.20. The topological polar surface area (TPSA) is 17.1 Å². The van der Waals surface area contributed by atoms with Gasteiger partial charge in [-0.25, -0.2) is 0 Å². The van der Waals surface area contributed by atoms with Crippen molar-refractivity contribution in [3.05, 3.63) is 33.1 Å². The Labute approximate surface area is 88.5 Å². The van der Waals surface area contributed by atoms with Gasteiger partial charge in [0.2, 0.25) is 0 Å². The molecule has 0 aliphatic carbocycles. The molecule has 0 unspecified atom stereocenters. The van der Waals surface area contributed by atoms with Gasteiger partial charge in [-0.3, -0.25) is 4.79 Å². The first kappa shape index (κ1) is 8.91. The number of hydrogen-bond acceptors (Lipinski definition) is 2. The van der Waals surface area contributed by atoms with Crippen LogP contribution in [-0.4, -0.2) is 6.29 Å². The first-order valence-electron chi connectivity index (χ1n) is 3.85. The van der Waals surface area contributed by atoms with E-state index >= 15 is 0 Å². The lowest BCUT2D eigenvalue weighted by molar-refractivity contribution is 0.112. The summed E-state index contributed by atoms with van der Waals surface area (Å²) in [7, 11) is 0. The Balaban J connectivity index is 2.82. The Kier molecular flexibility index (Phi) is 2.22. The molecule has 0 radical (unpaired) electrons. The van der Waals surface area contributed by atoms with E-state index in [0.29, 0.717) is 0 Å². The minimum Gasteiger partial charge on any atom is -0.297 e. The van der Waals surface area contributed by atoms with Gasteiger partial charge in [0, 0.05) is 9.17 Å². The van der Waals surface area contributed by atoms with Crippen molar-refractivity contribution in [1.29, 1.82) is 0 Å². The van der Waals surface area contributed by atoms with Crippen LogP contribution in [0, 0.1) is 6.92 Å². The summed E-state index contributed by atoms with van der Waals surface area (Å²) < 4.78 is 2.23. The number of carbonyl (C=O) groups excluding carboxylic acids is 1. The average molecular weight is 255 g/mol. The summed E-state index contributed by atoms with van der Waals surface area (Å²) in [5.74, 6) is 0. The molecule has 1 aromatic carbocycles. The van der Waals surface area contributed by atoms with Gasteiger partial charge >= 0.3 is 0 Å². The van der Waals surface area contributed by atoms with Crippen molar-refractivity contribution in [1.82, 2.24) is 0 Å². The molecular formula is C10H7BrOS. The quantitative estimate of drug-likeness (QED) is 0.708. The second-order valence-electron chi connectivity index (χ2n) is 2.90. The van der Waals surface area contributed by atoms with Crippen molar-refractivity contribution in [2.24, 2.45) is 0 Å². The van der Waals surface area contributed by atoms with Crippen LogP contribution in [0.5, 0.6) is 0 Å². The van der Waals surface area contributed by atoms with Crippen molar-refractivity contribution in [2.45, 2.75) is 6.92 Å². The number of thiophene rings is 1. The van der Waals surface area contributed by atoms with Crippen molar-refractivity contribution >= 4 is 43.6 Å². The second kappa shape index (κ2) is 3.24. The molecule has 66 valence electrons. The van der Waals surface area contributed by atoms with Crippen molar-refractivity contribution < 1.29 is 4.79 Å². The first-order valence-corrected chi connectivity index (χ1v) is 5.46.